The molecule has 0 aromatic carbocycles. The van der Waals surface area contributed by atoms with Gasteiger partial charge in [-0.05, 0) is 26.7 Å². The third kappa shape index (κ3) is 2.33. The Bertz CT molecular complexity index is 230. The first-order valence-electron chi connectivity index (χ1n) is 4.59. The van der Waals surface area contributed by atoms with Gasteiger partial charge in [-0.2, -0.15) is 0 Å². The van der Waals surface area contributed by atoms with Crippen LogP contribution >= 0.6 is 0 Å². The molecule has 1 rings (SSSR count). The normalized spacial score (nSPS) is 28.6. The number of hydrogen-bond donors (Lipinski definition) is 0. The van der Waals surface area contributed by atoms with E-state index in [2.05, 4.69) is 0 Å². The fourth-order valence-corrected chi connectivity index (χ4v) is 1.75. The monoisotopic (exact) mass is 179 g/mol. The van der Waals surface area contributed by atoms with Crippen LogP contribution in [-0.2, 0) is 4.79 Å². The number of hydrogen-bond acceptors (Lipinski definition) is 2. The Labute approximate surface area is 79.9 Å². The minimum atomic E-state index is -0.418. The van der Waals surface area contributed by atoms with Gasteiger partial charge in [-0.15, -0.1) is 0 Å². The van der Waals surface area contributed by atoms with Crippen LogP contribution < -0.4 is 0 Å². The lowest BCUT2D eigenvalue weighted by Gasteiger charge is -2.36. The lowest BCUT2D eigenvalue weighted by molar-refractivity contribution is -0.122. The molecule has 0 N–H and O–H groups in total. The van der Waals surface area contributed by atoms with E-state index in [1.807, 2.05) is 6.92 Å². The van der Waals surface area contributed by atoms with Crippen molar-refractivity contribution >= 4 is 19.4 Å². The Balaban J connectivity index is 2.63. The number of carbonyl (C=O) groups excluding carboxylic acids is 2. The first-order valence-corrected chi connectivity index (χ1v) is 4.59. The molecular formula is C9H14BNO2. The average Bonchev–Trinajstić information content (AvgIpc) is 2.04. The first-order chi connectivity index (χ1) is 6.02. The molecule has 1 aliphatic heterocycles. The maximum Gasteiger partial charge on any atom is 0.200 e. The summed E-state index contributed by atoms with van der Waals surface area (Å²) in [6.07, 6.45) is 1.74. The van der Waals surface area contributed by atoms with Crippen LogP contribution in [0.2, 0.25) is 0 Å². The van der Waals surface area contributed by atoms with Crippen molar-refractivity contribution < 1.29 is 9.59 Å². The lowest BCUT2D eigenvalue weighted by atomic mass is 9.89. The van der Waals surface area contributed by atoms with Gasteiger partial charge in [0.25, 0.3) is 0 Å². The molecule has 0 aromatic rings. The molecule has 2 radical (unpaired) electrons. The molecule has 4 heteroatoms. The fraction of sp³-hybridized carbons (Fsp3) is 0.778. The number of Topliss-reactive ketones (excluding diaryl/α,β-unsaturated/α-hetero) is 1. The standard InChI is InChI=1S/C9H14BNO2/c1-6-3-4-8(7(2)12)5-11(6)9(10)13/h6,8H,3-5H2,1-2H3/t6-,8-/m1/s1. The van der Waals surface area contributed by atoms with Crippen molar-refractivity contribution in [2.24, 2.45) is 5.92 Å². The molecule has 0 bridgehead atoms. The van der Waals surface area contributed by atoms with Crippen molar-refractivity contribution in [2.75, 3.05) is 6.54 Å². The number of likely N-dealkylation sites (tertiary alicyclic amines) is 1. The van der Waals surface area contributed by atoms with Crippen molar-refractivity contribution in [1.29, 1.82) is 0 Å². The first kappa shape index (κ1) is 10.3. The van der Waals surface area contributed by atoms with Crippen LogP contribution in [0.15, 0.2) is 0 Å². The maximum atomic E-state index is 11.1. The van der Waals surface area contributed by atoms with Gasteiger partial charge in [0.2, 0.25) is 7.85 Å². The highest BCUT2D eigenvalue weighted by molar-refractivity contribution is 6.57. The minimum absolute atomic E-state index is 0.0105. The molecule has 0 spiro atoms. The van der Waals surface area contributed by atoms with Crippen LogP contribution in [0.5, 0.6) is 0 Å². The van der Waals surface area contributed by atoms with Gasteiger partial charge in [-0.3, -0.25) is 9.59 Å². The number of ketones is 1. The van der Waals surface area contributed by atoms with Gasteiger partial charge in [0.15, 0.2) is 5.81 Å². The summed E-state index contributed by atoms with van der Waals surface area (Å²) >= 11 is 0. The third-order valence-corrected chi connectivity index (χ3v) is 2.74. The van der Waals surface area contributed by atoms with Gasteiger partial charge >= 0.3 is 0 Å². The van der Waals surface area contributed by atoms with Crippen molar-refractivity contribution in [3.05, 3.63) is 0 Å². The van der Waals surface area contributed by atoms with E-state index in [0.717, 1.165) is 12.8 Å². The lowest BCUT2D eigenvalue weighted by Crippen LogP contribution is -2.46. The van der Waals surface area contributed by atoms with Crippen molar-refractivity contribution in [1.82, 2.24) is 4.90 Å². The molecule has 0 aromatic heterocycles. The Morgan fingerprint density at radius 1 is 1.38 bits per heavy atom. The zero-order valence-corrected chi connectivity index (χ0v) is 8.12. The summed E-state index contributed by atoms with van der Waals surface area (Å²) in [7, 11) is 5.20. The van der Waals surface area contributed by atoms with E-state index in [1.165, 1.54) is 0 Å². The topological polar surface area (TPSA) is 37.4 Å². The van der Waals surface area contributed by atoms with Gasteiger partial charge < -0.3 is 4.90 Å². The average molecular weight is 179 g/mol. The van der Waals surface area contributed by atoms with E-state index in [0.29, 0.717) is 6.54 Å². The quantitative estimate of drug-likeness (QED) is 0.562. The highest BCUT2D eigenvalue weighted by atomic mass is 16.2. The molecule has 13 heavy (non-hydrogen) atoms. The second-order valence-corrected chi connectivity index (χ2v) is 3.72. The summed E-state index contributed by atoms with van der Waals surface area (Å²) in [5, 5.41) is 0. The molecular weight excluding hydrogens is 165 g/mol. The predicted molar refractivity (Wildman–Crippen MR) is 50.7 cm³/mol. The van der Waals surface area contributed by atoms with Crippen LogP contribution in [0.4, 0.5) is 4.79 Å². The van der Waals surface area contributed by atoms with Crippen LogP contribution in [0.3, 0.4) is 0 Å². The van der Waals surface area contributed by atoms with Crippen LogP contribution in [-0.4, -0.2) is 36.9 Å². The SMILES string of the molecule is [B]C(=O)N1C[C@H](C(C)=O)CC[C@H]1C. The van der Waals surface area contributed by atoms with E-state index in [-0.39, 0.29) is 17.7 Å². The Morgan fingerprint density at radius 2 is 2.00 bits per heavy atom. The van der Waals surface area contributed by atoms with Crippen LogP contribution in [0, 0.1) is 5.92 Å². The Hall–Kier alpha value is -0.795. The van der Waals surface area contributed by atoms with Gasteiger partial charge in [-0.25, -0.2) is 0 Å². The molecule has 1 amide bonds. The van der Waals surface area contributed by atoms with E-state index in [4.69, 9.17) is 7.85 Å². The molecule has 1 heterocycles. The summed E-state index contributed by atoms with van der Waals surface area (Å²) in [5.41, 5.74) is 0. The van der Waals surface area contributed by atoms with Crippen LogP contribution in [0.1, 0.15) is 26.7 Å². The highest BCUT2D eigenvalue weighted by Gasteiger charge is 2.28. The zero-order valence-electron chi connectivity index (χ0n) is 8.12. The number of piperidine rings is 1. The van der Waals surface area contributed by atoms with Crippen LogP contribution in [0.25, 0.3) is 0 Å². The van der Waals surface area contributed by atoms with Gasteiger partial charge in [0.1, 0.15) is 5.78 Å². The molecule has 0 unspecified atom stereocenters. The summed E-state index contributed by atoms with van der Waals surface area (Å²) in [6.45, 7) is 4.02. The van der Waals surface area contributed by atoms with E-state index >= 15 is 0 Å². The molecule has 1 aliphatic rings. The largest absolute Gasteiger partial charge is 0.349 e. The zero-order chi connectivity index (χ0) is 10.0. The summed E-state index contributed by atoms with van der Waals surface area (Å²) in [6, 6.07) is 0.174. The van der Waals surface area contributed by atoms with Gasteiger partial charge in [0, 0.05) is 18.5 Å². The van der Waals surface area contributed by atoms with E-state index in [9.17, 15) is 9.59 Å². The Morgan fingerprint density at radius 3 is 2.46 bits per heavy atom. The fourth-order valence-electron chi connectivity index (χ4n) is 1.75. The highest BCUT2D eigenvalue weighted by Crippen LogP contribution is 2.22. The number of carbonyl (C=O) groups is 2. The van der Waals surface area contributed by atoms with Gasteiger partial charge in [-0.1, -0.05) is 0 Å². The Kier molecular flexibility index (Phi) is 3.12. The van der Waals surface area contributed by atoms with Crippen molar-refractivity contribution in [3.8, 4) is 0 Å². The van der Waals surface area contributed by atoms with E-state index in [1.54, 1.807) is 11.8 Å². The number of nitrogens with zero attached hydrogens (tertiary/aromatic N) is 1. The van der Waals surface area contributed by atoms with Crippen molar-refractivity contribution in [3.63, 3.8) is 0 Å². The second-order valence-electron chi connectivity index (χ2n) is 3.72. The minimum Gasteiger partial charge on any atom is -0.349 e. The maximum absolute atomic E-state index is 11.1. The molecule has 0 aliphatic carbocycles. The smallest absolute Gasteiger partial charge is 0.200 e. The molecule has 70 valence electrons. The molecule has 1 saturated heterocycles. The molecule has 3 nitrogen and oxygen atoms in total. The molecule has 2 atom stereocenters. The number of amides is 1. The predicted octanol–water partition coefficient (Wildman–Crippen LogP) is 0.964. The van der Waals surface area contributed by atoms with Gasteiger partial charge in [0.05, 0.1) is 0 Å². The molecule has 0 saturated carbocycles. The third-order valence-electron chi connectivity index (χ3n) is 2.74. The summed E-state index contributed by atoms with van der Waals surface area (Å²) in [4.78, 5) is 23.6. The van der Waals surface area contributed by atoms with Crippen molar-refractivity contribution in [2.45, 2.75) is 32.7 Å². The van der Waals surface area contributed by atoms with E-state index < -0.39 is 5.81 Å². The number of rotatable bonds is 1. The second kappa shape index (κ2) is 3.94. The summed E-state index contributed by atoms with van der Waals surface area (Å²) in [5.74, 6) is -0.277. The summed E-state index contributed by atoms with van der Waals surface area (Å²) < 4.78 is 0. The molecule has 1 fully saturated rings.